The Morgan fingerprint density at radius 1 is 1.23 bits per heavy atom. The molecule has 35 heavy (non-hydrogen) atoms. The van der Waals surface area contributed by atoms with Crippen molar-refractivity contribution in [3.63, 3.8) is 0 Å². The molecule has 1 unspecified atom stereocenters. The molecule has 0 spiro atoms. The zero-order valence-electron chi connectivity index (χ0n) is 19.6. The number of aromatic amines is 1. The van der Waals surface area contributed by atoms with Gasteiger partial charge in [0.2, 0.25) is 0 Å². The number of likely N-dealkylation sites (tertiary alicyclic amines) is 1. The molecule has 4 rings (SSSR count). The number of amides is 1. The molecule has 7 nitrogen and oxygen atoms in total. The first kappa shape index (κ1) is 24.4. The number of aromatic hydroxyl groups is 1. The number of nitrogens with one attached hydrogen (secondary N) is 2. The van der Waals surface area contributed by atoms with Crippen LogP contribution in [0.25, 0.3) is 10.9 Å². The lowest BCUT2D eigenvalue weighted by atomic mass is 10.1. The van der Waals surface area contributed by atoms with E-state index in [1.54, 1.807) is 45.0 Å². The van der Waals surface area contributed by atoms with Gasteiger partial charge in [0.05, 0.1) is 16.8 Å². The first-order valence-corrected chi connectivity index (χ1v) is 11.2. The van der Waals surface area contributed by atoms with Crippen LogP contribution in [0.2, 0.25) is 0 Å². The lowest BCUT2D eigenvalue weighted by molar-refractivity contribution is -0.136. The van der Waals surface area contributed by atoms with Crippen LogP contribution in [-0.2, 0) is 10.9 Å². The highest BCUT2D eigenvalue weighted by atomic mass is 19.4. The summed E-state index contributed by atoms with van der Waals surface area (Å²) in [5.74, 6) is -0.111. The van der Waals surface area contributed by atoms with Gasteiger partial charge in [-0.25, -0.2) is 4.79 Å². The van der Waals surface area contributed by atoms with Crippen LogP contribution in [0.4, 0.5) is 29.3 Å². The number of hydrogen-bond acceptors (Lipinski definition) is 5. The summed E-state index contributed by atoms with van der Waals surface area (Å²) < 4.78 is 46.9. The topological polar surface area (TPSA) is 89.9 Å². The molecule has 186 valence electrons. The minimum atomic E-state index is -4.61. The number of carbonyl (C=O) groups excluding carboxylic acids is 1. The Morgan fingerprint density at radius 3 is 2.69 bits per heavy atom. The summed E-state index contributed by atoms with van der Waals surface area (Å²) in [5.41, 5.74) is -0.405. The predicted molar refractivity (Wildman–Crippen MR) is 128 cm³/mol. The molecule has 0 radical (unpaired) electrons. The normalized spacial score (nSPS) is 16.9. The van der Waals surface area contributed by atoms with Crippen LogP contribution in [0.5, 0.6) is 5.88 Å². The number of nitrogens with zero attached hydrogens (tertiary/aromatic N) is 2. The fourth-order valence-electron chi connectivity index (χ4n) is 3.98. The Balaban J connectivity index is 1.52. The molecule has 2 aromatic carbocycles. The number of alkyl halides is 3. The van der Waals surface area contributed by atoms with Gasteiger partial charge in [-0.2, -0.15) is 13.2 Å². The summed E-state index contributed by atoms with van der Waals surface area (Å²) in [4.78, 5) is 20.7. The number of fused-ring (bicyclic) bond motifs is 1. The van der Waals surface area contributed by atoms with Gasteiger partial charge in [0.1, 0.15) is 5.60 Å². The predicted octanol–water partition coefficient (Wildman–Crippen LogP) is 6.06. The number of hydrogen-bond donors (Lipinski definition) is 3. The van der Waals surface area contributed by atoms with Gasteiger partial charge in [0.15, 0.2) is 5.88 Å². The van der Waals surface area contributed by atoms with Gasteiger partial charge in [0, 0.05) is 41.9 Å². The number of carbonyl (C=O) groups is 1. The average Bonchev–Trinajstić information content (AvgIpc) is 3.35. The number of aliphatic imine (C=N–C) groups is 1. The van der Waals surface area contributed by atoms with E-state index >= 15 is 0 Å². The van der Waals surface area contributed by atoms with Crippen LogP contribution in [-0.4, -0.2) is 52.0 Å². The third kappa shape index (κ3) is 5.70. The Kier molecular flexibility index (Phi) is 6.40. The summed E-state index contributed by atoms with van der Waals surface area (Å²) in [6, 6.07) is 10.6. The third-order valence-electron chi connectivity index (χ3n) is 5.58. The lowest BCUT2D eigenvalue weighted by Gasteiger charge is -2.24. The first-order chi connectivity index (χ1) is 16.4. The Labute approximate surface area is 200 Å². The summed E-state index contributed by atoms with van der Waals surface area (Å²) in [7, 11) is 0. The van der Waals surface area contributed by atoms with Gasteiger partial charge < -0.3 is 25.0 Å². The molecule has 3 N–H and O–H groups in total. The molecule has 1 fully saturated rings. The molecule has 1 atom stereocenters. The van der Waals surface area contributed by atoms with Crippen molar-refractivity contribution in [2.45, 2.75) is 45.0 Å². The molecular formula is C25H27F3N4O3. The monoisotopic (exact) mass is 488 g/mol. The Hall–Kier alpha value is -3.69. The second kappa shape index (κ2) is 9.16. The third-order valence-corrected chi connectivity index (χ3v) is 5.58. The first-order valence-electron chi connectivity index (χ1n) is 11.2. The number of aromatic nitrogens is 1. The maximum absolute atomic E-state index is 13.9. The van der Waals surface area contributed by atoms with E-state index in [-0.39, 0.29) is 29.8 Å². The fraction of sp³-hybridized carbons (Fsp3) is 0.360. The van der Waals surface area contributed by atoms with Crippen molar-refractivity contribution < 1.29 is 27.8 Å². The van der Waals surface area contributed by atoms with Gasteiger partial charge >= 0.3 is 12.3 Å². The van der Waals surface area contributed by atoms with Crippen molar-refractivity contribution in [1.82, 2.24) is 9.88 Å². The minimum absolute atomic E-state index is 0.0811. The standard InChI is InChI=1S/C25H27F3N4O3/c1-24(2,3)35-23(34)32-11-10-16(14-32)30-21-9-8-15(12-19(21)25(26,27)28)29-13-18-17-6-4-5-7-20(17)31-22(18)33/h4-9,12-13,16,30-31,33H,10-11,14H2,1-3H3. The number of halogens is 3. The molecule has 3 aromatic rings. The van der Waals surface area contributed by atoms with E-state index in [0.717, 1.165) is 6.07 Å². The van der Waals surface area contributed by atoms with Gasteiger partial charge in [-0.15, -0.1) is 0 Å². The van der Waals surface area contributed by atoms with Crippen LogP contribution in [0.3, 0.4) is 0 Å². The average molecular weight is 489 g/mol. The van der Waals surface area contributed by atoms with Crippen molar-refractivity contribution >= 4 is 34.6 Å². The number of rotatable bonds is 4. The van der Waals surface area contributed by atoms with Crippen molar-refractivity contribution in [2.24, 2.45) is 4.99 Å². The van der Waals surface area contributed by atoms with Crippen LogP contribution >= 0.6 is 0 Å². The van der Waals surface area contributed by atoms with E-state index in [1.807, 2.05) is 0 Å². The number of anilines is 1. The molecule has 0 aliphatic carbocycles. The molecule has 0 bridgehead atoms. The number of H-pyrrole nitrogens is 1. The Bertz CT molecular complexity index is 1260. The van der Waals surface area contributed by atoms with E-state index in [4.69, 9.17) is 4.74 Å². The van der Waals surface area contributed by atoms with Crippen molar-refractivity contribution in [2.75, 3.05) is 18.4 Å². The summed E-state index contributed by atoms with van der Waals surface area (Å²) in [5, 5.41) is 13.8. The van der Waals surface area contributed by atoms with Crippen molar-refractivity contribution in [1.29, 1.82) is 0 Å². The maximum Gasteiger partial charge on any atom is 0.418 e. The van der Waals surface area contributed by atoms with E-state index in [2.05, 4.69) is 15.3 Å². The number of benzene rings is 2. The van der Waals surface area contributed by atoms with Gasteiger partial charge in [-0.1, -0.05) is 18.2 Å². The van der Waals surface area contributed by atoms with Crippen LogP contribution in [0.15, 0.2) is 47.5 Å². The summed E-state index contributed by atoms with van der Waals surface area (Å²) >= 11 is 0. The quantitative estimate of drug-likeness (QED) is 0.389. The van der Waals surface area contributed by atoms with Crippen molar-refractivity contribution in [3.8, 4) is 5.88 Å². The minimum Gasteiger partial charge on any atom is -0.494 e. The molecule has 1 amide bonds. The van der Waals surface area contributed by atoms with E-state index in [1.165, 1.54) is 23.2 Å². The number of para-hydroxylation sites is 1. The second-order valence-electron chi connectivity index (χ2n) is 9.48. The number of ether oxygens (including phenoxy) is 1. The van der Waals surface area contributed by atoms with E-state index in [9.17, 15) is 23.1 Å². The molecule has 1 aliphatic rings. The molecule has 0 saturated carbocycles. The van der Waals surface area contributed by atoms with Gasteiger partial charge in [0.25, 0.3) is 0 Å². The largest absolute Gasteiger partial charge is 0.494 e. The Morgan fingerprint density at radius 2 is 1.97 bits per heavy atom. The molecule has 1 aromatic heterocycles. The summed E-state index contributed by atoms with van der Waals surface area (Å²) in [6.45, 7) is 5.92. The lowest BCUT2D eigenvalue weighted by Crippen LogP contribution is -2.36. The van der Waals surface area contributed by atoms with Crippen LogP contribution in [0, 0.1) is 0 Å². The zero-order chi connectivity index (χ0) is 25.4. The van der Waals surface area contributed by atoms with Crippen LogP contribution in [0.1, 0.15) is 38.3 Å². The van der Waals surface area contributed by atoms with Crippen molar-refractivity contribution in [3.05, 3.63) is 53.6 Å². The van der Waals surface area contributed by atoms with Gasteiger partial charge in [-0.05, 0) is 51.5 Å². The van der Waals surface area contributed by atoms with E-state index < -0.39 is 23.4 Å². The highest BCUT2D eigenvalue weighted by molar-refractivity contribution is 6.02. The highest BCUT2D eigenvalue weighted by Crippen LogP contribution is 2.38. The fourth-order valence-corrected chi connectivity index (χ4v) is 3.98. The zero-order valence-corrected chi connectivity index (χ0v) is 19.6. The van der Waals surface area contributed by atoms with Crippen LogP contribution < -0.4 is 5.32 Å². The molecule has 1 saturated heterocycles. The maximum atomic E-state index is 13.9. The van der Waals surface area contributed by atoms with E-state index in [0.29, 0.717) is 29.4 Å². The SMILES string of the molecule is CC(C)(C)OC(=O)N1CCC(Nc2ccc(N=Cc3c(O)[nH]c4ccccc34)cc2C(F)(F)F)C1. The molecule has 1 aliphatic heterocycles. The summed E-state index contributed by atoms with van der Waals surface area (Å²) in [6.07, 6.45) is -3.26. The molecule has 2 heterocycles. The van der Waals surface area contributed by atoms with Gasteiger partial charge in [-0.3, -0.25) is 4.99 Å². The highest BCUT2D eigenvalue weighted by Gasteiger charge is 2.36. The molecule has 10 heteroatoms. The smallest absolute Gasteiger partial charge is 0.418 e. The second-order valence-corrected chi connectivity index (χ2v) is 9.48. The molecular weight excluding hydrogens is 461 g/mol.